The summed E-state index contributed by atoms with van der Waals surface area (Å²) in [6.07, 6.45) is 1.13. The fourth-order valence-electron chi connectivity index (χ4n) is 2.68. The molecule has 1 fully saturated rings. The number of rotatable bonds is 5. The van der Waals surface area contributed by atoms with Crippen LogP contribution in [0.1, 0.15) is 12.1 Å². The molecule has 108 valence electrons. The molecule has 0 aliphatic heterocycles. The van der Waals surface area contributed by atoms with Gasteiger partial charge in [0, 0.05) is 25.6 Å². The van der Waals surface area contributed by atoms with Crippen LogP contribution in [0.3, 0.4) is 0 Å². The molecule has 4 unspecified atom stereocenters. The fraction of sp³-hybridized carbons (Fsp3) is 0.833. The van der Waals surface area contributed by atoms with E-state index in [0.717, 1.165) is 12.1 Å². The van der Waals surface area contributed by atoms with Gasteiger partial charge in [0.1, 0.15) is 5.69 Å². The van der Waals surface area contributed by atoms with E-state index >= 15 is 0 Å². The summed E-state index contributed by atoms with van der Waals surface area (Å²) >= 11 is 0. The Morgan fingerprint density at radius 3 is 2.74 bits per heavy atom. The zero-order valence-electron chi connectivity index (χ0n) is 11.6. The lowest BCUT2D eigenvalue weighted by Crippen LogP contribution is -2.39. The van der Waals surface area contributed by atoms with Crippen molar-refractivity contribution in [1.29, 1.82) is 0 Å². The van der Waals surface area contributed by atoms with Crippen LogP contribution in [0.5, 0.6) is 0 Å². The predicted molar refractivity (Wildman–Crippen MR) is 68.3 cm³/mol. The average molecular weight is 270 g/mol. The van der Waals surface area contributed by atoms with Crippen LogP contribution in [0, 0.1) is 5.92 Å². The van der Waals surface area contributed by atoms with Crippen molar-refractivity contribution in [2.45, 2.75) is 37.8 Å². The summed E-state index contributed by atoms with van der Waals surface area (Å²) in [6, 6.07) is -0.0121. The highest BCUT2D eigenvalue weighted by molar-refractivity contribution is 4.96. The van der Waals surface area contributed by atoms with Gasteiger partial charge in [-0.15, -0.1) is 5.10 Å². The molecule has 1 aromatic heterocycles. The van der Waals surface area contributed by atoms with E-state index in [1.807, 2.05) is 25.2 Å². The standard InChI is InChI=1S/C12H22N4O3/c1-15(2)10-4-8(11(17)12(10)18)5-16-6-9(7-19-3)13-14-16/h6,8,10-12,17-18H,4-5,7H2,1-3H3. The summed E-state index contributed by atoms with van der Waals surface area (Å²) in [5.74, 6) is -0.0144. The molecule has 0 amide bonds. The van der Waals surface area contributed by atoms with E-state index in [-0.39, 0.29) is 12.0 Å². The highest BCUT2D eigenvalue weighted by Gasteiger charge is 2.42. The van der Waals surface area contributed by atoms with Crippen molar-refractivity contribution in [3.8, 4) is 0 Å². The Morgan fingerprint density at radius 2 is 2.16 bits per heavy atom. The van der Waals surface area contributed by atoms with Crippen LogP contribution in [0.2, 0.25) is 0 Å². The van der Waals surface area contributed by atoms with Gasteiger partial charge in [0.05, 0.1) is 25.0 Å². The van der Waals surface area contributed by atoms with Crippen molar-refractivity contribution in [1.82, 2.24) is 19.9 Å². The molecule has 7 nitrogen and oxygen atoms in total. The molecular formula is C12H22N4O3. The van der Waals surface area contributed by atoms with Gasteiger partial charge in [0.15, 0.2) is 0 Å². The van der Waals surface area contributed by atoms with Gasteiger partial charge in [0.25, 0.3) is 0 Å². The van der Waals surface area contributed by atoms with Crippen molar-refractivity contribution in [2.75, 3.05) is 21.2 Å². The monoisotopic (exact) mass is 270 g/mol. The third-order valence-electron chi connectivity index (χ3n) is 3.73. The van der Waals surface area contributed by atoms with Crippen molar-refractivity contribution in [3.63, 3.8) is 0 Å². The summed E-state index contributed by atoms with van der Waals surface area (Å²) in [4.78, 5) is 1.95. The van der Waals surface area contributed by atoms with Crippen molar-refractivity contribution >= 4 is 0 Å². The quantitative estimate of drug-likeness (QED) is 0.721. The predicted octanol–water partition coefficient (Wildman–Crippen LogP) is -0.904. The van der Waals surface area contributed by atoms with Crippen LogP contribution >= 0.6 is 0 Å². The van der Waals surface area contributed by atoms with Gasteiger partial charge >= 0.3 is 0 Å². The molecule has 0 bridgehead atoms. The van der Waals surface area contributed by atoms with E-state index in [4.69, 9.17) is 4.74 Å². The number of aromatic nitrogens is 3. The summed E-state index contributed by atoms with van der Waals surface area (Å²) < 4.78 is 6.69. The number of ether oxygens (including phenoxy) is 1. The fourth-order valence-corrected chi connectivity index (χ4v) is 2.68. The van der Waals surface area contributed by atoms with Crippen LogP contribution in [0.4, 0.5) is 0 Å². The Morgan fingerprint density at radius 1 is 1.42 bits per heavy atom. The molecule has 0 aromatic carbocycles. The minimum absolute atomic E-state index is 0.0121. The van der Waals surface area contributed by atoms with Gasteiger partial charge in [0.2, 0.25) is 0 Å². The zero-order valence-corrected chi connectivity index (χ0v) is 11.6. The largest absolute Gasteiger partial charge is 0.390 e. The summed E-state index contributed by atoms with van der Waals surface area (Å²) in [6.45, 7) is 0.982. The van der Waals surface area contributed by atoms with Gasteiger partial charge in [-0.2, -0.15) is 0 Å². The second-order valence-electron chi connectivity index (χ2n) is 5.37. The number of hydrogen-bond donors (Lipinski definition) is 2. The molecule has 4 atom stereocenters. The Kier molecular flexibility index (Phi) is 4.51. The molecule has 1 aromatic rings. The van der Waals surface area contributed by atoms with Crippen LogP contribution in [-0.4, -0.2) is 69.6 Å². The molecule has 0 saturated heterocycles. The van der Waals surface area contributed by atoms with E-state index in [9.17, 15) is 10.2 Å². The smallest absolute Gasteiger partial charge is 0.108 e. The molecule has 7 heteroatoms. The van der Waals surface area contributed by atoms with Crippen LogP contribution in [0.25, 0.3) is 0 Å². The number of hydrogen-bond acceptors (Lipinski definition) is 6. The maximum absolute atomic E-state index is 10.1. The molecule has 2 N–H and O–H groups in total. The highest BCUT2D eigenvalue weighted by Crippen LogP contribution is 2.30. The zero-order chi connectivity index (χ0) is 14.0. The minimum Gasteiger partial charge on any atom is -0.390 e. The average Bonchev–Trinajstić information content (AvgIpc) is 2.90. The number of methoxy groups -OCH3 is 1. The molecule has 1 heterocycles. The second-order valence-corrected chi connectivity index (χ2v) is 5.37. The van der Waals surface area contributed by atoms with Gasteiger partial charge in [-0.1, -0.05) is 5.21 Å². The number of nitrogens with zero attached hydrogens (tertiary/aromatic N) is 4. The molecule has 1 saturated carbocycles. The van der Waals surface area contributed by atoms with Gasteiger partial charge in [-0.3, -0.25) is 4.68 Å². The minimum atomic E-state index is -0.720. The molecule has 0 spiro atoms. The Hall–Kier alpha value is -1.02. The Balaban J connectivity index is 1.98. The highest BCUT2D eigenvalue weighted by atomic mass is 16.5. The van der Waals surface area contributed by atoms with E-state index in [2.05, 4.69) is 10.3 Å². The first kappa shape index (κ1) is 14.4. The number of aliphatic hydroxyl groups excluding tert-OH is 2. The van der Waals surface area contributed by atoms with E-state index < -0.39 is 12.2 Å². The first-order chi connectivity index (χ1) is 9.02. The maximum Gasteiger partial charge on any atom is 0.108 e. The second kappa shape index (κ2) is 5.96. The topological polar surface area (TPSA) is 83.6 Å². The third-order valence-corrected chi connectivity index (χ3v) is 3.73. The van der Waals surface area contributed by atoms with Crippen LogP contribution < -0.4 is 0 Å². The third kappa shape index (κ3) is 3.11. The lowest BCUT2D eigenvalue weighted by atomic mass is 10.1. The van der Waals surface area contributed by atoms with Gasteiger partial charge in [-0.05, 0) is 20.5 Å². The molecule has 0 radical (unpaired) electrons. The van der Waals surface area contributed by atoms with E-state index in [1.54, 1.807) is 11.8 Å². The van der Waals surface area contributed by atoms with Gasteiger partial charge in [-0.25, -0.2) is 0 Å². The van der Waals surface area contributed by atoms with Gasteiger partial charge < -0.3 is 19.8 Å². The molecular weight excluding hydrogens is 248 g/mol. The molecule has 1 aliphatic rings. The normalized spacial score (nSPS) is 31.3. The SMILES string of the molecule is COCc1cn(CC2CC(N(C)C)C(O)C2O)nn1. The molecule has 2 rings (SSSR count). The van der Waals surface area contributed by atoms with Crippen molar-refractivity contribution in [3.05, 3.63) is 11.9 Å². The Bertz CT molecular complexity index is 409. The van der Waals surface area contributed by atoms with E-state index in [1.165, 1.54) is 0 Å². The maximum atomic E-state index is 10.1. The van der Waals surface area contributed by atoms with Crippen molar-refractivity contribution in [2.24, 2.45) is 5.92 Å². The number of aliphatic hydroxyl groups is 2. The van der Waals surface area contributed by atoms with Crippen LogP contribution in [0.15, 0.2) is 6.20 Å². The Labute approximate surface area is 112 Å². The summed E-state index contributed by atoms with van der Waals surface area (Å²) in [5.41, 5.74) is 0.764. The van der Waals surface area contributed by atoms with E-state index in [0.29, 0.717) is 13.2 Å². The van der Waals surface area contributed by atoms with Crippen molar-refractivity contribution < 1.29 is 14.9 Å². The lowest BCUT2D eigenvalue weighted by Gasteiger charge is -2.22. The van der Waals surface area contributed by atoms with Crippen LogP contribution in [-0.2, 0) is 17.9 Å². The first-order valence-corrected chi connectivity index (χ1v) is 6.43. The first-order valence-electron chi connectivity index (χ1n) is 6.43. The number of likely N-dealkylation sites (N-methyl/N-ethyl adjacent to an activating group) is 1. The summed E-state index contributed by atoms with van der Waals surface area (Å²) in [7, 11) is 5.43. The molecule has 19 heavy (non-hydrogen) atoms. The summed E-state index contributed by atoms with van der Waals surface area (Å²) in [5, 5.41) is 28.1. The molecule has 1 aliphatic carbocycles. The lowest BCUT2D eigenvalue weighted by molar-refractivity contribution is -0.00569.